The van der Waals surface area contributed by atoms with Gasteiger partial charge in [0.2, 0.25) is 0 Å². The number of ketones is 1. The van der Waals surface area contributed by atoms with Gasteiger partial charge < -0.3 is 4.74 Å². The van der Waals surface area contributed by atoms with Crippen LogP contribution in [0, 0.1) is 6.92 Å². The zero-order valence-corrected chi connectivity index (χ0v) is 18.7. The number of allylic oxidation sites excluding steroid dienone is 2. The van der Waals surface area contributed by atoms with Crippen molar-refractivity contribution in [3.63, 3.8) is 0 Å². The maximum absolute atomic E-state index is 13.0. The molecule has 2 heterocycles. The molecule has 32 heavy (non-hydrogen) atoms. The van der Waals surface area contributed by atoms with Crippen LogP contribution in [0.2, 0.25) is 0 Å². The summed E-state index contributed by atoms with van der Waals surface area (Å²) in [5, 5.41) is 0.367. The Morgan fingerprint density at radius 1 is 1.22 bits per heavy atom. The highest BCUT2D eigenvalue weighted by Gasteiger charge is 2.22. The molecule has 0 radical (unpaired) electrons. The van der Waals surface area contributed by atoms with E-state index in [-0.39, 0.29) is 17.9 Å². The van der Waals surface area contributed by atoms with E-state index in [1.165, 1.54) is 11.0 Å². The number of hydrogen-bond acceptors (Lipinski definition) is 7. The van der Waals surface area contributed by atoms with Gasteiger partial charge in [0.25, 0.3) is 5.56 Å². The summed E-state index contributed by atoms with van der Waals surface area (Å²) in [5.41, 5.74) is 5.47. The fourth-order valence-corrected chi connectivity index (χ4v) is 4.72. The number of hydrogen-bond donors (Lipinski definition) is 1. The highest BCUT2D eigenvalue weighted by Crippen LogP contribution is 2.28. The van der Waals surface area contributed by atoms with Gasteiger partial charge in [-0.05, 0) is 50.3 Å². The quantitative estimate of drug-likeness (QED) is 0.464. The molecule has 1 aliphatic carbocycles. The van der Waals surface area contributed by atoms with Gasteiger partial charge in [-0.15, -0.1) is 11.3 Å². The molecule has 0 atom stereocenters. The van der Waals surface area contributed by atoms with E-state index in [0.717, 1.165) is 35.3 Å². The Bertz CT molecular complexity index is 1300. The molecule has 0 aliphatic heterocycles. The predicted octanol–water partition coefficient (Wildman–Crippen LogP) is 4.21. The highest BCUT2D eigenvalue weighted by atomic mass is 32.1. The average molecular weight is 450 g/mol. The van der Waals surface area contributed by atoms with Crippen molar-refractivity contribution in [2.75, 3.05) is 12.0 Å². The molecule has 0 saturated heterocycles. The third kappa shape index (κ3) is 4.27. The van der Waals surface area contributed by atoms with Gasteiger partial charge in [-0.3, -0.25) is 15.0 Å². The van der Waals surface area contributed by atoms with Gasteiger partial charge in [0.05, 0.1) is 12.0 Å². The first kappa shape index (κ1) is 21.7. The summed E-state index contributed by atoms with van der Waals surface area (Å²) in [7, 11) is 0. The van der Waals surface area contributed by atoms with Gasteiger partial charge in [-0.25, -0.2) is 14.5 Å². The lowest BCUT2D eigenvalue weighted by Crippen LogP contribution is -2.27. The smallest absolute Gasteiger partial charge is 0.348 e. The molecule has 0 amide bonds. The van der Waals surface area contributed by atoms with Crippen molar-refractivity contribution in [1.29, 1.82) is 0 Å². The summed E-state index contributed by atoms with van der Waals surface area (Å²) in [6.45, 7) is 3.70. The first-order valence-electron chi connectivity index (χ1n) is 10.4. The highest BCUT2D eigenvalue weighted by molar-refractivity contribution is 7.20. The molecule has 1 saturated carbocycles. The maximum Gasteiger partial charge on any atom is 0.348 e. The van der Waals surface area contributed by atoms with Crippen molar-refractivity contribution in [2.24, 2.45) is 0 Å². The number of esters is 1. The number of aromatic nitrogens is 2. The zero-order chi connectivity index (χ0) is 22.7. The molecule has 3 aromatic rings. The van der Waals surface area contributed by atoms with Gasteiger partial charge in [0.15, 0.2) is 5.78 Å². The van der Waals surface area contributed by atoms with Crippen molar-refractivity contribution in [2.45, 2.75) is 33.1 Å². The fraction of sp³-hybridized carbons (Fsp3) is 0.250. The van der Waals surface area contributed by atoms with Crippen LogP contribution in [-0.4, -0.2) is 28.0 Å². The van der Waals surface area contributed by atoms with Crippen LogP contribution in [0.5, 0.6) is 0 Å². The fourth-order valence-electron chi connectivity index (χ4n) is 3.68. The Balaban J connectivity index is 1.60. The summed E-state index contributed by atoms with van der Waals surface area (Å²) >= 11 is 1.14. The van der Waals surface area contributed by atoms with Crippen LogP contribution in [0.25, 0.3) is 16.3 Å². The minimum Gasteiger partial charge on any atom is -0.462 e. The number of carbonyl (C=O) groups is 2. The first-order valence-corrected chi connectivity index (χ1v) is 11.2. The lowest BCUT2D eigenvalue weighted by molar-refractivity contribution is -0.112. The molecule has 164 valence electrons. The normalized spacial score (nSPS) is 16.6. The molecule has 0 spiro atoms. The minimum absolute atomic E-state index is 0.0222. The summed E-state index contributed by atoms with van der Waals surface area (Å²) in [6, 6.07) is 9.74. The molecule has 1 N–H and O–H groups in total. The molecule has 1 fully saturated rings. The van der Waals surface area contributed by atoms with Crippen molar-refractivity contribution in [3.8, 4) is 0 Å². The molecule has 7 nitrogen and oxygen atoms in total. The number of rotatable bonds is 5. The Labute approximate surface area is 189 Å². The number of carbonyl (C=O) groups excluding carboxylic acids is 2. The summed E-state index contributed by atoms with van der Waals surface area (Å²) < 4.78 is 6.30. The molecule has 8 heteroatoms. The Morgan fingerprint density at radius 3 is 2.72 bits per heavy atom. The lowest BCUT2D eigenvalue weighted by Gasteiger charge is -2.17. The van der Waals surface area contributed by atoms with Gasteiger partial charge in [-0.2, -0.15) is 0 Å². The van der Waals surface area contributed by atoms with Crippen LogP contribution in [0.1, 0.15) is 47.0 Å². The standard InChI is InChI=1S/C24H23N3O4S/c1-3-31-24(30)21-15(2)19-22(32-21)25-14-27(23(19)29)26-13-18-11-7-10-17(20(18)28)12-16-8-5-4-6-9-16/h4-6,8-9,12-14,26H,3,7,10-11H2,1-2H3. The van der Waals surface area contributed by atoms with Crippen LogP contribution in [-0.2, 0) is 9.53 Å². The topological polar surface area (TPSA) is 90.3 Å². The Morgan fingerprint density at radius 2 is 1.97 bits per heavy atom. The molecule has 0 bridgehead atoms. The largest absolute Gasteiger partial charge is 0.462 e. The Hall–Kier alpha value is -3.52. The van der Waals surface area contributed by atoms with Crippen LogP contribution in [0.15, 0.2) is 58.8 Å². The van der Waals surface area contributed by atoms with E-state index >= 15 is 0 Å². The number of thiophene rings is 1. The van der Waals surface area contributed by atoms with Crippen LogP contribution < -0.4 is 11.0 Å². The summed E-state index contributed by atoms with van der Waals surface area (Å²) in [6.07, 6.45) is 7.07. The monoisotopic (exact) mass is 449 g/mol. The van der Waals surface area contributed by atoms with Crippen LogP contribution >= 0.6 is 11.3 Å². The van der Waals surface area contributed by atoms with E-state index in [4.69, 9.17) is 4.74 Å². The number of benzene rings is 1. The first-order chi connectivity index (χ1) is 15.5. The van der Waals surface area contributed by atoms with Gasteiger partial charge in [-0.1, -0.05) is 30.3 Å². The molecule has 4 rings (SSSR count). The van der Waals surface area contributed by atoms with Gasteiger partial charge in [0.1, 0.15) is 16.0 Å². The second-order valence-corrected chi connectivity index (χ2v) is 8.44. The van der Waals surface area contributed by atoms with E-state index in [9.17, 15) is 14.4 Å². The van der Waals surface area contributed by atoms with Crippen LogP contribution in [0.4, 0.5) is 0 Å². The van der Waals surface area contributed by atoms with Gasteiger partial charge in [0, 0.05) is 17.3 Å². The molecular formula is C24H23N3O4S. The SMILES string of the molecule is CCOC(=O)c1sc2ncn(NC=C3CCCC(=Cc4ccccc4)C3=O)c(=O)c2c1C. The van der Waals surface area contributed by atoms with Crippen LogP contribution in [0.3, 0.4) is 0 Å². The van der Waals surface area contributed by atoms with E-state index in [0.29, 0.717) is 32.7 Å². The summed E-state index contributed by atoms with van der Waals surface area (Å²) in [4.78, 5) is 43.2. The molecule has 0 unspecified atom stereocenters. The van der Waals surface area contributed by atoms with E-state index in [1.807, 2.05) is 36.4 Å². The molecule has 1 aromatic carbocycles. The number of nitrogens with zero attached hydrogens (tertiary/aromatic N) is 2. The second-order valence-electron chi connectivity index (χ2n) is 7.44. The maximum atomic E-state index is 13.0. The predicted molar refractivity (Wildman–Crippen MR) is 125 cm³/mol. The second kappa shape index (κ2) is 9.32. The van der Waals surface area contributed by atoms with Gasteiger partial charge >= 0.3 is 5.97 Å². The molecule has 2 aromatic heterocycles. The molecular weight excluding hydrogens is 426 g/mol. The van der Waals surface area contributed by atoms with Crippen molar-refractivity contribution in [1.82, 2.24) is 9.66 Å². The number of fused-ring (bicyclic) bond motifs is 1. The van der Waals surface area contributed by atoms with Crippen molar-refractivity contribution < 1.29 is 14.3 Å². The number of nitrogens with one attached hydrogen (secondary N) is 1. The minimum atomic E-state index is -0.459. The van der Waals surface area contributed by atoms with E-state index < -0.39 is 5.97 Å². The van der Waals surface area contributed by atoms with E-state index in [1.54, 1.807) is 20.0 Å². The van der Waals surface area contributed by atoms with E-state index in [2.05, 4.69) is 10.4 Å². The van der Waals surface area contributed by atoms with Crippen molar-refractivity contribution >= 4 is 39.4 Å². The number of Topliss-reactive ketones (excluding diaryl/α,β-unsaturated/α-hetero) is 1. The summed E-state index contributed by atoms with van der Waals surface area (Å²) in [5.74, 6) is -0.481. The number of ether oxygens (including phenoxy) is 1. The third-order valence-corrected chi connectivity index (χ3v) is 6.49. The average Bonchev–Trinajstić information content (AvgIpc) is 3.13. The Kier molecular flexibility index (Phi) is 6.32. The third-order valence-electron chi connectivity index (χ3n) is 5.31. The lowest BCUT2D eigenvalue weighted by atomic mass is 9.88. The van der Waals surface area contributed by atoms with Crippen molar-refractivity contribution in [3.05, 3.63) is 80.4 Å². The number of aryl methyl sites for hydroxylation is 1. The zero-order valence-electron chi connectivity index (χ0n) is 17.9. The molecule has 1 aliphatic rings.